The zero-order chi connectivity index (χ0) is 13.5. The van der Waals surface area contributed by atoms with Crippen molar-refractivity contribution < 1.29 is 9.47 Å². The first-order valence-electron chi connectivity index (χ1n) is 6.97. The van der Waals surface area contributed by atoms with E-state index >= 15 is 0 Å². The lowest BCUT2D eigenvalue weighted by molar-refractivity contribution is 0.173. The quantitative estimate of drug-likeness (QED) is 0.902. The minimum Gasteiger partial charge on any atom is -0.454 e. The summed E-state index contributed by atoms with van der Waals surface area (Å²) < 4.78 is 12.1. The first-order valence-corrected chi connectivity index (χ1v) is 7.76. The standard InChI is InChI=1S/C15H20BrNO2/c1-10-7-11-14(19-9-18-11)13(16)12(10)15(8-17)5-3-2-4-6-15/h7H,2-6,8-9,17H2,1H3. The van der Waals surface area contributed by atoms with Crippen LogP contribution in [0.15, 0.2) is 10.5 Å². The van der Waals surface area contributed by atoms with Gasteiger partial charge in [0.05, 0.1) is 4.47 Å². The second-order valence-electron chi connectivity index (χ2n) is 5.66. The largest absolute Gasteiger partial charge is 0.454 e. The van der Waals surface area contributed by atoms with Crippen molar-refractivity contribution in [1.82, 2.24) is 0 Å². The molecule has 1 aromatic carbocycles. The van der Waals surface area contributed by atoms with Gasteiger partial charge in [0, 0.05) is 12.0 Å². The minimum atomic E-state index is 0.0994. The Morgan fingerprint density at radius 1 is 1.26 bits per heavy atom. The van der Waals surface area contributed by atoms with Crippen molar-refractivity contribution in [3.63, 3.8) is 0 Å². The Morgan fingerprint density at radius 2 is 2.00 bits per heavy atom. The maximum atomic E-state index is 6.16. The Morgan fingerprint density at radius 3 is 2.68 bits per heavy atom. The second-order valence-corrected chi connectivity index (χ2v) is 6.45. The van der Waals surface area contributed by atoms with Gasteiger partial charge in [-0.3, -0.25) is 0 Å². The maximum absolute atomic E-state index is 6.16. The Bertz CT molecular complexity index is 495. The van der Waals surface area contributed by atoms with E-state index in [4.69, 9.17) is 15.2 Å². The molecule has 1 heterocycles. The fraction of sp³-hybridized carbons (Fsp3) is 0.600. The molecule has 3 nitrogen and oxygen atoms in total. The fourth-order valence-electron chi connectivity index (χ4n) is 3.56. The third-order valence-electron chi connectivity index (χ3n) is 4.53. The van der Waals surface area contributed by atoms with Crippen LogP contribution in [0.3, 0.4) is 0 Å². The molecule has 2 aliphatic rings. The number of aryl methyl sites for hydroxylation is 1. The molecule has 0 atom stereocenters. The van der Waals surface area contributed by atoms with Crippen LogP contribution in [0.5, 0.6) is 11.5 Å². The molecule has 1 aliphatic carbocycles. The van der Waals surface area contributed by atoms with Gasteiger partial charge in [0.1, 0.15) is 0 Å². The van der Waals surface area contributed by atoms with Crippen LogP contribution >= 0.6 is 15.9 Å². The first kappa shape index (κ1) is 13.3. The highest BCUT2D eigenvalue weighted by Crippen LogP contribution is 2.50. The van der Waals surface area contributed by atoms with Gasteiger partial charge in [-0.15, -0.1) is 0 Å². The highest BCUT2D eigenvalue weighted by atomic mass is 79.9. The summed E-state index contributed by atoms with van der Waals surface area (Å²) in [6, 6.07) is 2.09. The van der Waals surface area contributed by atoms with Gasteiger partial charge in [-0.2, -0.15) is 0 Å². The van der Waals surface area contributed by atoms with Crippen molar-refractivity contribution in [2.75, 3.05) is 13.3 Å². The zero-order valence-corrected chi connectivity index (χ0v) is 12.9. The lowest BCUT2D eigenvalue weighted by Crippen LogP contribution is -2.38. The van der Waals surface area contributed by atoms with Crippen molar-refractivity contribution in [2.24, 2.45) is 5.73 Å². The predicted octanol–water partition coefficient (Wildman–Crippen LogP) is 3.65. The number of nitrogens with two attached hydrogens (primary N) is 1. The van der Waals surface area contributed by atoms with Crippen LogP contribution in [0, 0.1) is 6.92 Å². The summed E-state index contributed by atoms with van der Waals surface area (Å²) in [5, 5.41) is 0. The number of hydrogen-bond donors (Lipinski definition) is 1. The topological polar surface area (TPSA) is 44.5 Å². The average Bonchev–Trinajstić information content (AvgIpc) is 2.88. The predicted molar refractivity (Wildman–Crippen MR) is 78.8 cm³/mol. The smallest absolute Gasteiger partial charge is 0.231 e. The second kappa shape index (κ2) is 4.98. The van der Waals surface area contributed by atoms with Crippen LogP contribution < -0.4 is 15.2 Å². The van der Waals surface area contributed by atoms with E-state index in [0.717, 1.165) is 16.0 Å². The monoisotopic (exact) mass is 325 g/mol. The summed E-state index contributed by atoms with van der Waals surface area (Å²) in [6.07, 6.45) is 6.18. The summed E-state index contributed by atoms with van der Waals surface area (Å²) in [7, 11) is 0. The van der Waals surface area contributed by atoms with Gasteiger partial charge >= 0.3 is 0 Å². The Kier molecular flexibility index (Phi) is 3.48. The molecule has 19 heavy (non-hydrogen) atoms. The molecule has 0 bridgehead atoms. The van der Waals surface area contributed by atoms with Crippen LogP contribution in [0.1, 0.15) is 43.2 Å². The van der Waals surface area contributed by atoms with E-state index in [0.29, 0.717) is 13.3 Å². The van der Waals surface area contributed by atoms with E-state index < -0.39 is 0 Å². The zero-order valence-electron chi connectivity index (χ0n) is 11.3. The van der Waals surface area contributed by atoms with Gasteiger partial charge in [0.15, 0.2) is 11.5 Å². The molecule has 0 radical (unpaired) electrons. The molecular weight excluding hydrogens is 306 g/mol. The molecular formula is C15H20BrNO2. The summed E-state index contributed by atoms with van der Waals surface area (Å²) >= 11 is 3.73. The number of rotatable bonds is 2. The molecule has 1 aromatic rings. The molecule has 0 amide bonds. The highest BCUT2D eigenvalue weighted by molar-refractivity contribution is 9.10. The van der Waals surface area contributed by atoms with Gasteiger partial charge in [-0.1, -0.05) is 19.3 Å². The van der Waals surface area contributed by atoms with E-state index in [2.05, 4.69) is 28.9 Å². The van der Waals surface area contributed by atoms with E-state index in [-0.39, 0.29) is 5.41 Å². The van der Waals surface area contributed by atoms with E-state index in [9.17, 15) is 0 Å². The number of halogens is 1. The molecule has 0 spiro atoms. The van der Waals surface area contributed by atoms with Gasteiger partial charge < -0.3 is 15.2 Å². The molecule has 3 rings (SSSR count). The van der Waals surface area contributed by atoms with Crippen LogP contribution in [-0.2, 0) is 5.41 Å². The van der Waals surface area contributed by atoms with E-state index in [1.807, 2.05) is 0 Å². The molecule has 0 aromatic heterocycles. The van der Waals surface area contributed by atoms with Gasteiger partial charge in [0.25, 0.3) is 0 Å². The summed E-state index contributed by atoms with van der Waals surface area (Å²) in [6.45, 7) is 3.16. The van der Waals surface area contributed by atoms with Crippen molar-refractivity contribution in [2.45, 2.75) is 44.4 Å². The molecule has 2 N–H and O–H groups in total. The van der Waals surface area contributed by atoms with Crippen LogP contribution in [0.4, 0.5) is 0 Å². The Labute approximate surface area is 122 Å². The molecule has 104 valence electrons. The van der Waals surface area contributed by atoms with E-state index in [1.54, 1.807) is 0 Å². The first-order chi connectivity index (χ1) is 9.18. The van der Waals surface area contributed by atoms with Crippen LogP contribution in [0.25, 0.3) is 0 Å². The SMILES string of the molecule is Cc1cc2c(c(Br)c1C1(CN)CCCCC1)OCO2. The van der Waals surface area contributed by atoms with Crippen LogP contribution in [-0.4, -0.2) is 13.3 Å². The van der Waals surface area contributed by atoms with Gasteiger partial charge in [-0.05, 0) is 52.9 Å². The molecule has 1 fully saturated rings. The fourth-order valence-corrected chi connectivity index (χ4v) is 4.60. The number of ether oxygens (including phenoxy) is 2. The van der Waals surface area contributed by atoms with Crippen molar-refractivity contribution in [3.05, 3.63) is 21.7 Å². The molecule has 0 unspecified atom stereocenters. The van der Waals surface area contributed by atoms with Gasteiger partial charge in [-0.25, -0.2) is 0 Å². The molecule has 1 saturated carbocycles. The summed E-state index contributed by atoms with van der Waals surface area (Å²) in [4.78, 5) is 0. The average molecular weight is 326 g/mol. The van der Waals surface area contributed by atoms with Crippen molar-refractivity contribution in [3.8, 4) is 11.5 Å². The molecule has 1 aliphatic heterocycles. The summed E-state index contributed by atoms with van der Waals surface area (Å²) in [5.41, 5.74) is 8.85. The normalized spacial score (nSPS) is 20.6. The Balaban J connectivity index is 2.13. The van der Waals surface area contributed by atoms with E-state index in [1.165, 1.54) is 43.2 Å². The van der Waals surface area contributed by atoms with Crippen molar-refractivity contribution >= 4 is 15.9 Å². The minimum absolute atomic E-state index is 0.0994. The summed E-state index contributed by atoms with van der Waals surface area (Å²) in [5.74, 6) is 1.69. The lowest BCUT2D eigenvalue weighted by Gasteiger charge is -2.38. The lowest BCUT2D eigenvalue weighted by atomic mass is 9.68. The number of hydrogen-bond acceptors (Lipinski definition) is 3. The third kappa shape index (κ3) is 2.05. The third-order valence-corrected chi connectivity index (χ3v) is 5.29. The Hall–Kier alpha value is -0.740. The van der Waals surface area contributed by atoms with Gasteiger partial charge in [0.2, 0.25) is 6.79 Å². The molecule has 0 saturated heterocycles. The highest BCUT2D eigenvalue weighted by Gasteiger charge is 2.37. The maximum Gasteiger partial charge on any atom is 0.231 e. The molecule has 4 heteroatoms. The van der Waals surface area contributed by atoms with Crippen LogP contribution in [0.2, 0.25) is 0 Å². The number of benzene rings is 1. The number of fused-ring (bicyclic) bond motifs is 1. The van der Waals surface area contributed by atoms with Crippen molar-refractivity contribution in [1.29, 1.82) is 0 Å².